The lowest BCUT2D eigenvalue weighted by Gasteiger charge is -2.07. The maximum atomic E-state index is 11.8. The Kier molecular flexibility index (Phi) is 6.64. The van der Waals surface area contributed by atoms with Crippen molar-refractivity contribution in [3.05, 3.63) is 29.8 Å². The first kappa shape index (κ1) is 15.2. The topological polar surface area (TPSA) is 52.6 Å². The quantitative estimate of drug-likeness (QED) is 0.535. The zero-order valence-corrected chi connectivity index (χ0v) is 11.5. The predicted molar refractivity (Wildman–Crippen MR) is 72.4 cm³/mol. The van der Waals surface area contributed by atoms with Gasteiger partial charge in [-0.25, -0.2) is 4.79 Å². The van der Waals surface area contributed by atoms with Crippen LogP contribution in [0.3, 0.4) is 0 Å². The lowest BCUT2D eigenvalue weighted by molar-refractivity contribution is -0.145. The van der Waals surface area contributed by atoms with Gasteiger partial charge in [0.05, 0.1) is 6.61 Å². The van der Waals surface area contributed by atoms with Crippen LogP contribution in [0.25, 0.3) is 0 Å². The number of rotatable bonds is 8. The Morgan fingerprint density at radius 2 is 2.00 bits per heavy atom. The molecular weight excluding hydrogens is 244 g/mol. The van der Waals surface area contributed by atoms with Crippen molar-refractivity contribution in [1.82, 2.24) is 0 Å². The molecule has 0 spiro atoms. The second-order valence-electron chi connectivity index (χ2n) is 4.15. The van der Waals surface area contributed by atoms with E-state index in [0.717, 1.165) is 12.8 Å². The van der Waals surface area contributed by atoms with Crippen LogP contribution in [0, 0.1) is 0 Å². The minimum Gasteiger partial charge on any atom is -0.482 e. The highest BCUT2D eigenvalue weighted by atomic mass is 16.6. The van der Waals surface area contributed by atoms with Crippen molar-refractivity contribution in [1.29, 1.82) is 0 Å². The van der Waals surface area contributed by atoms with Crippen molar-refractivity contribution < 1.29 is 19.1 Å². The Morgan fingerprint density at radius 1 is 1.21 bits per heavy atom. The van der Waals surface area contributed by atoms with Crippen molar-refractivity contribution in [2.24, 2.45) is 0 Å². The molecule has 19 heavy (non-hydrogen) atoms. The number of carbonyl (C=O) groups is 2. The fourth-order valence-electron chi connectivity index (χ4n) is 1.59. The molecule has 0 N–H and O–H groups in total. The molecule has 0 saturated carbocycles. The van der Waals surface area contributed by atoms with Crippen LogP contribution >= 0.6 is 0 Å². The van der Waals surface area contributed by atoms with Crippen molar-refractivity contribution in [3.8, 4) is 5.75 Å². The maximum Gasteiger partial charge on any atom is 0.344 e. The lowest BCUT2D eigenvalue weighted by atomic mass is 10.1. The van der Waals surface area contributed by atoms with E-state index in [2.05, 4.69) is 0 Å². The van der Waals surface area contributed by atoms with E-state index in [4.69, 9.17) is 9.47 Å². The molecule has 0 heterocycles. The first-order chi connectivity index (χ1) is 9.17. The number of hydrogen-bond donors (Lipinski definition) is 0. The summed E-state index contributed by atoms with van der Waals surface area (Å²) < 4.78 is 10.1. The van der Waals surface area contributed by atoms with Crippen LogP contribution in [0.2, 0.25) is 0 Å². The summed E-state index contributed by atoms with van der Waals surface area (Å²) in [5.41, 5.74) is 0.620. The van der Waals surface area contributed by atoms with Gasteiger partial charge in [0.1, 0.15) is 5.75 Å². The Hall–Kier alpha value is -1.84. The van der Waals surface area contributed by atoms with Crippen LogP contribution in [0.5, 0.6) is 5.75 Å². The molecule has 0 aliphatic carbocycles. The number of benzene rings is 1. The molecule has 0 aliphatic rings. The Labute approximate surface area is 113 Å². The van der Waals surface area contributed by atoms with Crippen LogP contribution < -0.4 is 4.74 Å². The van der Waals surface area contributed by atoms with E-state index in [1.165, 1.54) is 0 Å². The Balaban J connectivity index is 2.56. The Bertz CT molecular complexity index is 426. The van der Waals surface area contributed by atoms with Gasteiger partial charge in [-0.05, 0) is 25.5 Å². The van der Waals surface area contributed by atoms with Gasteiger partial charge in [-0.2, -0.15) is 0 Å². The van der Waals surface area contributed by atoms with Crippen LogP contribution in [-0.2, 0) is 9.53 Å². The standard InChI is InChI=1S/C15H20O4/c1-3-5-9-14(16)12-7-6-8-13(10-12)19-11-15(17)18-4-2/h6-8,10H,3-5,9,11H2,1-2H3. The summed E-state index contributed by atoms with van der Waals surface area (Å²) in [6, 6.07) is 6.89. The van der Waals surface area contributed by atoms with E-state index in [9.17, 15) is 9.59 Å². The summed E-state index contributed by atoms with van der Waals surface area (Å²) >= 11 is 0. The normalized spacial score (nSPS) is 10.0. The second kappa shape index (κ2) is 8.29. The molecule has 4 heteroatoms. The van der Waals surface area contributed by atoms with Gasteiger partial charge in [0, 0.05) is 12.0 Å². The van der Waals surface area contributed by atoms with E-state index in [1.807, 2.05) is 6.92 Å². The third kappa shape index (κ3) is 5.55. The first-order valence-electron chi connectivity index (χ1n) is 6.59. The number of Topliss-reactive ketones (excluding diaryl/α,β-unsaturated/α-hetero) is 1. The molecule has 104 valence electrons. The number of carbonyl (C=O) groups excluding carboxylic acids is 2. The first-order valence-corrected chi connectivity index (χ1v) is 6.59. The minimum atomic E-state index is -0.412. The van der Waals surface area contributed by atoms with Crippen LogP contribution in [-0.4, -0.2) is 25.0 Å². The largest absolute Gasteiger partial charge is 0.482 e. The molecule has 0 saturated heterocycles. The summed E-state index contributed by atoms with van der Waals surface area (Å²) in [5, 5.41) is 0. The average Bonchev–Trinajstić information content (AvgIpc) is 2.43. The highest BCUT2D eigenvalue weighted by molar-refractivity contribution is 5.96. The molecule has 0 bridgehead atoms. The molecule has 1 rings (SSSR count). The molecule has 4 nitrogen and oxygen atoms in total. The highest BCUT2D eigenvalue weighted by Gasteiger charge is 2.08. The maximum absolute atomic E-state index is 11.8. The molecule has 0 radical (unpaired) electrons. The number of ether oxygens (including phenoxy) is 2. The van der Waals surface area contributed by atoms with Gasteiger partial charge in [0.25, 0.3) is 0 Å². The summed E-state index contributed by atoms with van der Waals surface area (Å²) in [5.74, 6) is 0.198. The van der Waals surface area contributed by atoms with Crippen molar-refractivity contribution >= 4 is 11.8 Å². The average molecular weight is 264 g/mol. The zero-order valence-electron chi connectivity index (χ0n) is 11.5. The van der Waals surface area contributed by atoms with Crippen molar-refractivity contribution in [2.75, 3.05) is 13.2 Å². The fraction of sp³-hybridized carbons (Fsp3) is 0.467. The van der Waals surface area contributed by atoms with Crippen molar-refractivity contribution in [3.63, 3.8) is 0 Å². The fourth-order valence-corrected chi connectivity index (χ4v) is 1.59. The van der Waals surface area contributed by atoms with E-state index in [0.29, 0.717) is 24.3 Å². The lowest BCUT2D eigenvalue weighted by Crippen LogP contribution is -2.14. The highest BCUT2D eigenvalue weighted by Crippen LogP contribution is 2.15. The monoisotopic (exact) mass is 264 g/mol. The zero-order chi connectivity index (χ0) is 14.1. The molecule has 0 aliphatic heterocycles. The smallest absolute Gasteiger partial charge is 0.344 e. The summed E-state index contributed by atoms with van der Waals surface area (Å²) in [6.07, 6.45) is 2.41. The SMILES string of the molecule is CCCCC(=O)c1cccc(OCC(=O)OCC)c1. The summed E-state index contributed by atoms with van der Waals surface area (Å²) in [7, 11) is 0. The van der Waals surface area contributed by atoms with E-state index >= 15 is 0 Å². The van der Waals surface area contributed by atoms with Crippen LogP contribution in [0.4, 0.5) is 0 Å². The van der Waals surface area contributed by atoms with Crippen LogP contribution in [0.1, 0.15) is 43.5 Å². The Morgan fingerprint density at radius 3 is 2.68 bits per heavy atom. The second-order valence-corrected chi connectivity index (χ2v) is 4.15. The molecule has 0 fully saturated rings. The molecule has 1 aromatic carbocycles. The number of unbranched alkanes of at least 4 members (excludes halogenated alkanes) is 1. The van der Waals surface area contributed by atoms with Gasteiger partial charge in [-0.15, -0.1) is 0 Å². The van der Waals surface area contributed by atoms with Crippen LogP contribution in [0.15, 0.2) is 24.3 Å². The third-order valence-electron chi connectivity index (χ3n) is 2.58. The summed E-state index contributed by atoms with van der Waals surface area (Å²) in [4.78, 5) is 23.0. The van der Waals surface area contributed by atoms with E-state index < -0.39 is 5.97 Å². The number of hydrogen-bond acceptors (Lipinski definition) is 4. The van der Waals surface area contributed by atoms with Gasteiger partial charge in [0.15, 0.2) is 12.4 Å². The van der Waals surface area contributed by atoms with Gasteiger partial charge in [0.2, 0.25) is 0 Å². The number of ketones is 1. The number of esters is 1. The minimum absolute atomic E-state index is 0.100. The molecule has 0 aromatic heterocycles. The van der Waals surface area contributed by atoms with E-state index in [-0.39, 0.29) is 12.4 Å². The molecule has 0 unspecified atom stereocenters. The molecule has 0 atom stereocenters. The van der Waals surface area contributed by atoms with Gasteiger partial charge >= 0.3 is 5.97 Å². The molecule has 0 amide bonds. The third-order valence-corrected chi connectivity index (χ3v) is 2.58. The molecule has 1 aromatic rings. The van der Waals surface area contributed by atoms with E-state index in [1.54, 1.807) is 31.2 Å². The van der Waals surface area contributed by atoms with Gasteiger partial charge in [-0.1, -0.05) is 25.5 Å². The van der Waals surface area contributed by atoms with Gasteiger partial charge in [-0.3, -0.25) is 4.79 Å². The summed E-state index contributed by atoms with van der Waals surface area (Å²) in [6.45, 7) is 3.98. The molecular formula is C15H20O4. The van der Waals surface area contributed by atoms with Crippen molar-refractivity contribution in [2.45, 2.75) is 33.1 Å². The van der Waals surface area contributed by atoms with Gasteiger partial charge < -0.3 is 9.47 Å². The predicted octanol–water partition coefficient (Wildman–Crippen LogP) is 3.00.